The number of nitrogens with one attached hydrogen (secondary N) is 2. The number of rotatable bonds is 5. The molecule has 5 heteroatoms. The molecule has 2 saturated heterocycles. The molecule has 0 saturated carbocycles. The van der Waals surface area contributed by atoms with Crippen molar-refractivity contribution in [2.75, 3.05) is 46.4 Å². The maximum atomic E-state index is 5.58. The smallest absolute Gasteiger partial charge is 0.191 e. The Hall–Kier alpha value is -0.810. The fraction of sp³-hybridized carbons (Fsp3) is 0.933. The topological polar surface area (TPSA) is 48.9 Å². The summed E-state index contributed by atoms with van der Waals surface area (Å²) in [5, 5.41) is 6.89. The molecule has 0 aromatic carbocycles. The van der Waals surface area contributed by atoms with Crippen LogP contribution in [0.15, 0.2) is 4.99 Å². The summed E-state index contributed by atoms with van der Waals surface area (Å²) in [6.07, 6.45) is 6.05. The minimum Gasteiger partial charge on any atom is -0.381 e. The molecule has 2 aliphatic rings. The highest BCUT2D eigenvalue weighted by molar-refractivity contribution is 5.79. The van der Waals surface area contributed by atoms with Gasteiger partial charge in [-0.15, -0.1) is 0 Å². The van der Waals surface area contributed by atoms with Gasteiger partial charge >= 0.3 is 0 Å². The molecule has 2 aliphatic heterocycles. The lowest BCUT2D eigenvalue weighted by Crippen LogP contribution is -2.58. The summed E-state index contributed by atoms with van der Waals surface area (Å²) in [6, 6.07) is 0. The highest BCUT2D eigenvalue weighted by Gasteiger charge is 2.39. The summed E-state index contributed by atoms with van der Waals surface area (Å²) < 4.78 is 5.58. The zero-order valence-electron chi connectivity index (χ0n) is 13.1. The lowest BCUT2D eigenvalue weighted by Gasteiger charge is -2.45. The molecule has 0 unspecified atom stereocenters. The molecular weight excluding hydrogens is 252 g/mol. The third kappa shape index (κ3) is 3.85. The average molecular weight is 282 g/mol. The third-order valence-electron chi connectivity index (χ3n) is 4.55. The quantitative estimate of drug-likeness (QED) is 0.588. The second-order valence-electron chi connectivity index (χ2n) is 5.88. The molecule has 0 radical (unpaired) electrons. The van der Waals surface area contributed by atoms with Gasteiger partial charge in [0.15, 0.2) is 5.96 Å². The van der Waals surface area contributed by atoms with E-state index in [1.54, 1.807) is 0 Å². The molecule has 5 nitrogen and oxygen atoms in total. The molecule has 0 atom stereocenters. The van der Waals surface area contributed by atoms with Crippen molar-refractivity contribution >= 4 is 5.96 Å². The molecule has 0 aliphatic carbocycles. The normalized spacial score (nSPS) is 23.8. The zero-order chi connectivity index (χ0) is 14.3. The number of aliphatic imine (C=N–C) groups is 1. The lowest BCUT2D eigenvalue weighted by atomic mass is 9.88. The van der Waals surface area contributed by atoms with Crippen LogP contribution in [-0.2, 0) is 4.74 Å². The first-order chi connectivity index (χ1) is 9.80. The lowest BCUT2D eigenvalue weighted by molar-refractivity contribution is -0.0164. The molecule has 0 bridgehead atoms. The predicted molar refractivity (Wildman–Crippen MR) is 83.2 cm³/mol. The number of guanidine groups is 1. The number of ether oxygens (including phenoxy) is 1. The summed E-state index contributed by atoms with van der Waals surface area (Å²) in [5.74, 6) is 0.928. The first kappa shape index (κ1) is 15.6. The Bertz CT molecular complexity index is 307. The van der Waals surface area contributed by atoms with Crippen LogP contribution in [-0.4, -0.2) is 62.8 Å². The first-order valence-electron chi connectivity index (χ1n) is 8.08. The van der Waals surface area contributed by atoms with Crippen LogP contribution in [0.5, 0.6) is 0 Å². The van der Waals surface area contributed by atoms with Gasteiger partial charge in [0.1, 0.15) is 0 Å². The molecule has 2 N–H and O–H groups in total. The van der Waals surface area contributed by atoms with Crippen molar-refractivity contribution in [3.63, 3.8) is 0 Å². The molecule has 0 aromatic heterocycles. The zero-order valence-corrected chi connectivity index (χ0v) is 13.1. The van der Waals surface area contributed by atoms with Gasteiger partial charge in [-0.25, -0.2) is 0 Å². The second-order valence-corrected chi connectivity index (χ2v) is 5.88. The van der Waals surface area contributed by atoms with E-state index in [-0.39, 0.29) is 5.54 Å². The van der Waals surface area contributed by atoms with Gasteiger partial charge in [0.25, 0.3) is 0 Å². The third-order valence-corrected chi connectivity index (χ3v) is 4.55. The molecule has 0 amide bonds. The molecule has 20 heavy (non-hydrogen) atoms. The van der Waals surface area contributed by atoms with E-state index < -0.39 is 0 Å². The van der Waals surface area contributed by atoms with Crippen molar-refractivity contribution in [1.29, 1.82) is 0 Å². The minimum atomic E-state index is 0.262. The van der Waals surface area contributed by atoms with Crippen LogP contribution in [0, 0.1) is 0 Å². The predicted octanol–water partition coefficient (Wildman–Crippen LogP) is 1.21. The van der Waals surface area contributed by atoms with Gasteiger partial charge in [0.05, 0.1) is 0 Å². The highest BCUT2D eigenvalue weighted by Crippen LogP contribution is 2.30. The summed E-state index contributed by atoms with van der Waals surface area (Å²) in [7, 11) is 1.84. The molecule has 0 spiro atoms. The fourth-order valence-corrected chi connectivity index (χ4v) is 3.26. The summed E-state index contributed by atoms with van der Waals surface area (Å²) in [6.45, 7) is 8.37. The summed E-state index contributed by atoms with van der Waals surface area (Å²) in [4.78, 5) is 6.99. The van der Waals surface area contributed by atoms with Crippen LogP contribution in [0.25, 0.3) is 0 Å². The number of likely N-dealkylation sites (tertiary alicyclic amines) is 1. The van der Waals surface area contributed by atoms with E-state index in [4.69, 9.17) is 4.74 Å². The Morgan fingerprint density at radius 3 is 2.50 bits per heavy atom. The van der Waals surface area contributed by atoms with Gasteiger partial charge in [-0.05, 0) is 45.2 Å². The number of hydrogen-bond donors (Lipinski definition) is 2. The fourth-order valence-electron chi connectivity index (χ4n) is 3.26. The number of nitrogens with zero attached hydrogens (tertiary/aromatic N) is 2. The van der Waals surface area contributed by atoms with Gasteiger partial charge in [0.2, 0.25) is 0 Å². The maximum absolute atomic E-state index is 5.58. The standard InChI is InChI=1S/C15H30N4O/c1-3-8-17-14(16-2)18-13-15(6-11-20-12-7-15)19-9-4-5-10-19/h3-13H2,1-2H3,(H2,16,17,18). The van der Waals surface area contributed by atoms with Crippen LogP contribution in [0.4, 0.5) is 0 Å². The van der Waals surface area contributed by atoms with Crippen LogP contribution < -0.4 is 10.6 Å². The van der Waals surface area contributed by atoms with Crippen LogP contribution in [0.1, 0.15) is 39.0 Å². The van der Waals surface area contributed by atoms with Crippen LogP contribution in [0.3, 0.4) is 0 Å². The summed E-state index contributed by atoms with van der Waals surface area (Å²) in [5.41, 5.74) is 0.262. The Morgan fingerprint density at radius 2 is 1.90 bits per heavy atom. The van der Waals surface area contributed by atoms with Crippen LogP contribution >= 0.6 is 0 Å². The Balaban J connectivity index is 1.93. The Morgan fingerprint density at radius 1 is 1.20 bits per heavy atom. The van der Waals surface area contributed by atoms with Crippen molar-refractivity contribution in [2.24, 2.45) is 4.99 Å². The van der Waals surface area contributed by atoms with Crippen molar-refractivity contribution in [1.82, 2.24) is 15.5 Å². The molecule has 116 valence electrons. The molecular formula is C15H30N4O. The van der Waals surface area contributed by atoms with E-state index in [1.165, 1.54) is 25.9 Å². The van der Waals surface area contributed by atoms with Gasteiger partial charge in [-0.1, -0.05) is 6.92 Å². The van der Waals surface area contributed by atoms with Crippen LogP contribution in [0.2, 0.25) is 0 Å². The molecule has 0 aromatic rings. The number of hydrogen-bond acceptors (Lipinski definition) is 3. The highest BCUT2D eigenvalue weighted by atomic mass is 16.5. The van der Waals surface area contributed by atoms with Gasteiger partial charge in [-0.2, -0.15) is 0 Å². The van der Waals surface area contributed by atoms with E-state index in [9.17, 15) is 0 Å². The Kier molecular flexibility index (Phi) is 6.10. The van der Waals surface area contributed by atoms with Crippen molar-refractivity contribution in [3.05, 3.63) is 0 Å². The SMILES string of the molecule is CCCNC(=NC)NCC1(N2CCCC2)CCOCC1. The van der Waals surface area contributed by atoms with E-state index in [2.05, 4.69) is 27.4 Å². The molecule has 2 rings (SSSR count). The molecule has 2 fully saturated rings. The second kappa shape index (κ2) is 7.84. The van der Waals surface area contributed by atoms with Gasteiger partial charge < -0.3 is 15.4 Å². The maximum Gasteiger partial charge on any atom is 0.191 e. The average Bonchev–Trinajstić information content (AvgIpc) is 3.03. The summed E-state index contributed by atoms with van der Waals surface area (Å²) >= 11 is 0. The van der Waals surface area contributed by atoms with E-state index >= 15 is 0 Å². The first-order valence-corrected chi connectivity index (χ1v) is 8.08. The van der Waals surface area contributed by atoms with Crippen molar-refractivity contribution < 1.29 is 4.74 Å². The Labute approximate surface area is 123 Å². The van der Waals surface area contributed by atoms with E-state index in [1.807, 2.05) is 7.05 Å². The minimum absolute atomic E-state index is 0.262. The van der Waals surface area contributed by atoms with Crippen molar-refractivity contribution in [3.8, 4) is 0 Å². The van der Waals surface area contributed by atoms with E-state index in [0.29, 0.717) is 0 Å². The largest absolute Gasteiger partial charge is 0.381 e. The van der Waals surface area contributed by atoms with Crippen molar-refractivity contribution in [2.45, 2.75) is 44.6 Å². The monoisotopic (exact) mass is 282 g/mol. The van der Waals surface area contributed by atoms with Gasteiger partial charge in [0, 0.05) is 38.9 Å². The van der Waals surface area contributed by atoms with Gasteiger partial charge in [-0.3, -0.25) is 9.89 Å². The molecule has 2 heterocycles. The van der Waals surface area contributed by atoms with E-state index in [0.717, 1.165) is 51.5 Å².